The molecule has 0 saturated carbocycles. The molecule has 0 aromatic heterocycles. The van der Waals surface area contributed by atoms with Crippen molar-refractivity contribution in [2.75, 3.05) is 32.1 Å². The minimum Gasteiger partial charge on any atom is -0.478 e. The van der Waals surface area contributed by atoms with Gasteiger partial charge in [-0.1, -0.05) is 15.9 Å². The Bertz CT molecular complexity index is 545. The average Bonchev–Trinajstić information content (AvgIpc) is 2.44. The van der Waals surface area contributed by atoms with Gasteiger partial charge >= 0.3 is 5.97 Å². The van der Waals surface area contributed by atoms with E-state index in [4.69, 9.17) is 5.11 Å². The highest BCUT2D eigenvalue weighted by Crippen LogP contribution is 2.28. The van der Waals surface area contributed by atoms with Crippen molar-refractivity contribution < 1.29 is 9.90 Å². The van der Waals surface area contributed by atoms with Crippen molar-refractivity contribution in [2.24, 2.45) is 0 Å². The number of carboxylic acid groups (broad SMARTS) is 1. The second kappa shape index (κ2) is 7.09. The topological polar surface area (TPSA) is 43.8 Å². The molecule has 4 nitrogen and oxygen atoms in total. The van der Waals surface area contributed by atoms with E-state index in [2.05, 4.69) is 39.8 Å². The summed E-state index contributed by atoms with van der Waals surface area (Å²) in [7, 11) is 4.23. The molecule has 1 aromatic carbocycles. The molecule has 0 amide bonds. The molecular weight excluding hydrogens is 332 g/mol. The summed E-state index contributed by atoms with van der Waals surface area (Å²) < 4.78 is 0.949. The van der Waals surface area contributed by atoms with Crippen LogP contribution in [0.2, 0.25) is 0 Å². The Morgan fingerprint density at radius 3 is 2.95 bits per heavy atom. The van der Waals surface area contributed by atoms with Crippen molar-refractivity contribution in [1.82, 2.24) is 4.90 Å². The molecule has 1 aliphatic rings. The standard InChI is InChI=1S/C16H21BrN2O2/c1-18-9-3-4-14(11-18)19(2)15-7-6-13(17)10-12(15)5-8-16(20)21/h5-8,10,14H,3-4,9,11H2,1-2H3,(H,20,21)/b8-5+. The van der Waals surface area contributed by atoms with E-state index in [1.54, 1.807) is 6.08 Å². The second-order valence-electron chi connectivity index (χ2n) is 5.54. The van der Waals surface area contributed by atoms with Crippen LogP contribution < -0.4 is 4.90 Å². The summed E-state index contributed by atoms with van der Waals surface area (Å²) in [5.41, 5.74) is 1.98. The van der Waals surface area contributed by atoms with Gasteiger partial charge < -0.3 is 14.9 Å². The number of carboxylic acids is 1. The van der Waals surface area contributed by atoms with Crippen molar-refractivity contribution in [3.8, 4) is 0 Å². The zero-order valence-corrected chi connectivity index (χ0v) is 14.0. The highest BCUT2D eigenvalue weighted by atomic mass is 79.9. The first-order valence-electron chi connectivity index (χ1n) is 7.09. The Hall–Kier alpha value is -1.33. The smallest absolute Gasteiger partial charge is 0.328 e. The number of carbonyl (C=O) groups is 1. The summed E-state index contributed by atoms with van der Waals surface area (Å²) in [6.07, 6.45) is 5.21. The van der Waals surface area contributed by atoms with Gasteiger partial charge in [0.2, 0.25) is 0 Å². The van der Waals surface area contributed by atoms with Gasteiger partial charge in [-0.15, -0.1) is 0 Å². The van der Waals surface area contributed by atoms with E-state index >= 15 is 0 Å². The Morgan fingerprint density at radius 1 is 1.52 bits per heavy atom. The lowest BCUT2D eigenvalue weighted by Crippen LogP contribution is -2.45. The molecule has 0 aliphatic carbocycles. The zero-order chi connectivity index (χ0) is 15.4. The number of likely N-dealkylation sites (N-methyl/N-ethyl adjacent to an activating group) is 2. The van der Waals surface area contributed by atoms with Gasteiger partial charge in [0.1, 0.15) is 0 Å². The third kappa shape index (κ3) is 4.32. The number of hydrogen-bond donors (Lipinski definition) is 1. The lowest BCUT2D eigenvalue weighted by molar-refractivity contribution is -0.131. The van der Waals surface area contributed by atoms with Crippen LogP contribution in [-0.2, 0) is 4.79 Å². The molecule has 0 radical (unpaired) electrons. The van der Waals surface area contributed by atoms with E-state index in [0.717, 1.165) is 28.8 Å². The van der Waals surface area contributed by atoms with Crippen molar-refractivity contribution in [2.45, 2.75) is 18.9 Å². The van der Waals surface area contributed by atoms with E-state index in [1.807, 2.05) is 18.2 Å². The molecule has 5 heteroatoms. The second-order valence-corrected chi connectivity index (χ2v) is 6.46. The van der Waals surface area contributed by atoms with Crippen LogP contribution in [0.3, 0.4) is 0 Å². The first-order chi connectivity index (χ1) is 9.97. The predicted molar refractivity (Wildman–Crippen MR) is 89.7 cm³/mol. The fraction of sp³-hybridized carbons (Fsp3) is 0.438. The summed E-state index contributed by atoms with van der Waals surface area (Å²) in [6, 6.07) is 6.45. The largest absolute Gasteiger partial charge is 0.478 e. The van der Waals surface area contributed by atoms with Crippen molar-refractivity contribution in [3.05, 3.63) is 34.3 Å². The van der Waals surface area contributed by atoms with Crippen LogP contribution in [0, 0.1) is 0 Å². The first kappa shape index (κ1) is 16.0. The van der Waals surface area contributed by atoms with E-state index < -0.39 is 5.97 Å². The number of halogens is 1. The number of piperidine rings is 1. The van der Waals surface area contributed by atoms with E-state index in [1.165, 1.54) is 18.9 Å². The van der Waals surface area contributed by atoms with Crippen molar-refractivity contribution in [1.29, 1.82) is 0 Å². The molecule has 0 spiro atoms. The SMILES string of the molecule is CN1CCCC(N(C)c2ccc(Br)cc2/C=C/C(=O)O)C1. The number of rotatable bonds is 4. The highest BCUT2D eigenvalue weighted by molar-refractivity contribution is 9.10. The maximum atomic E-state index is 10.8. The number of likely N-dealkylation sites (tertiary alicyclic amines) is 1. The fourth-order valence-corrected chi connectivity index (χ4v) is 3.17. The van der Waals surface area contributed by atoms with Crippen LogP contribution in [-0.4, -0.2) is 49.2 Å². The summed E-state index contributed by atoms with van der Waals surface area (Å²) in [4.78, 5) is 15.4. The molecule has 2 rings (SSSR count). The summed E-state index contributed by atoms with van der Waals surface area (Å²) in [5, 5.41) is 8.84. The average molecular weight is 353 g/mol. The van der Waals surface area contributed by atoms with Crippen molar-refractivity contribution in [3.63, 3.8) is 0 Å². The number of aliphatic carboxylic acids is 1. The first-order valence-corrected chi connectivity index (χ1v) is 7.88. The minimum atomic E-state index is -0.930. The van der Waals surface area contributed by atoms with Crippen LogP contribution in [0.25, 0.3) is 6.08 Å². The molecule has 0 bridgehead atoms. The van der Waals surface area contributed by atoms with Gasteiger partial charge in [0.15, 0.2) is 0 Å². The molecule has 1 unspecified atom stereocenters. The lowest BCUT2D eigenvalue weighted by Gasteiger charge is -2.37. The molecular formula is C16H21BrN2O2. The van der Waals surface area contributed by atoms with Gasteiger partial charge in [-0.2, -0.15) is 0 Å². The van der Waals surface area contributed by atoms with E-state index in [9.17, 15) is 4.79 Å². The van der Waals surface area contributed by atoms with E-state index in [-0.39, 0.29) is 0 Å². The van der Waals surface area contributed by atoms with Crippen LogP contribution in [0.5, 0.6) is 0 Å². The molecule has 114 valence electrons. The maximum absolute atomic E-state index is 10.8. The molecule has 1 aromatic rings. The van der Waals surface area contributed by atoms with Crippen LogP contribution >= 0.6 is 15.9 Å². The normalized spacial score (nSPS) is 19.9. The van der Waals surface area contributed by atoms with Crippen LogP contribution in [0.1, 0.15) is 18.4 Å². The Morgan fingerprint density at radius 2 is 2.29 bits per heavy atom. The molecule has 1 fully saturated rings. The molecule has 1 atom stereocenters. The molecule has 21 heavy (non-hydrogen) atoms. The number of benzene rings is 1. The monoisotopic (exact) mass is 352 g/mol. The summed E-state index contributed by atoms with van der Waals surface area (Å²) in [6.45, 7) is 2.19. The summed E-state index contributed by atoms with van der Waals surface area (Å²) in [5.74, 6) is -0.930. The predicted octanol–water partition coefficient (Wildman–Crippen LogP) is 3.08. The van der Waals surface area contributed by atoms with Crippen molar-refractivity contribution >= 4 is 33.7 Å². The summed E-state index contributed by atoms with van der Waals surface area (Å²) >= 11 is 3.45. The van der Waals surface area contributed by atoms with Gasteiger partial charge in [0, 0.05) is 35.9 Å². The maximum Gasteiger partial charge on any atom is 0.328 e. The number of anilines is 1. The van der Waals surface area contributed by atoms with Gasteiger partial charge in [-0.3, -0.25) is 0 Å². The third-order valence-corrected chi connectivity index (χ3v) is 4.42. The van der Waals surface area contributed by atoms with Gasteiger partial charge in [0.05, 0.1) is 0 Å². The van der Waals surface area contributed by atoms with Crippen LogP contribution in [0.4, 0.5) is 5.69 Å². The Labute approximate surface area is 134 Å². The Balaban J connectivity index is 2.27. The van der Waals surface area contributed by atoms with E-state index in [0.29, 0.717) is 6.04 Å². The minimum absolute atomic E-state index is 0.460. The van der Waals surface area contributed by atoms with Gasteiger partial charge in [-0.05, 0) is 56.3 Å². The highest BCUT2D eigenvalue weighted by Gasteiger charge is 2.22. The zero-order valence-electron chi connectivity index (χ0n) is 12.4. The number of nitrogens with zero attached hydrogens (tertiary/aromatic N) is 2. The molecule has 1 N–H and O–H groups in total. The van der Waals surface area contributed by atoms with Gasteiger partial charge in [-0.25, -0.2) is 4.79 Å². The Kier molecular flexibility index (Phi) is 5.42. The lowest BCUT2D eigenvalue weighted by atomic mass is 10.0. The number of hydrogen-bond acceptors (Lipinski definition) is 3. The molecule has 1 aliphatic heterocycles. The van der Waals surface area contributed by atoms with Crippen LogP contribution in [0.15, 0.2) is 28.7 Å². The quantitative estimate of drug-likeness (QED) is 0.845. The van der Waals surface area contributed by atoms with Gasteiger partial charge in [0.25, 0.3) is 0 Å². The molecule has 1 saturated heterocycles. The fourth-order valence-electron chi connectivity index (χ4n) is 2.79. The molecule has 1 heterocycles. The third-order valence-electron chi connectivity index (χ3n) is 3.92.